The summed E-state index contributed by atoms with van der Waals surface area (Å²) < 4.78 is 16.7. The van der Waals surface area contributed by atoms with E-state index in [9.17, 15) is 0 Å². The van der Waals surface area contributed by atoms with Gasteiger partial charge in [0.25, 0.3) is 0 Å². The monoisotopic (exact) mass is 789 g/mol. The van der Waals surface area contributed by atoms with E-state index in [-0.39, 0.29) is 6.17 Å². The molecule has 1 unspecified atom stereocenters. The highest BCUT2D eigenvalue weighted by molar-refractivity contribution is 7.88. The Hall–Kier alpha value is -7.26. The minimum Gasteiger partial charge on any atom is -0.360 e. The fraction of sp³-hybridized carbons (Fsp3) is 0.0364. The number of para-hydroxylation sites is 2. The summed E-state index contributed by atoms with van der Waals surface area (Å²) in [4.78, 5) is 7.66. The van der Waals surface area contributed by atoms with Crippen LogP contribution in [0.3, 0.4) is 0 Å². The molecule has 0 aliphatic carbocycles. The highest BCUT2D eigenvalue weighted by atomic mass is 31.2. The summed E-state index contributed by atoms with van der Waals surface area (Å²) in [6.07, 6.45) is 1.91. The van der Waals surface area contributed by atoms with Crippen LogP contribution in [0, 0.1) is 6.92 Å². The Morgan fingerprint density at radius 2 is 1.13 bits per heavy atom. The van der Waals surface area contributed by atoms with Gasteiger partial charge in [-0.15, -0.1) is 0 Å². The summed E-state index contributed by atoms with van der Waals surface area (Å²) in [7, 11) is -3.43. The minimum absolute atomic E-state index is 0.254. The Labute approximate surface area is 350 Å². The van der Waals surface area contributed by atoms with Crippen molar-refractivity contribution in [2.24, 2.45) is 4.99 Å². The standard InChI is InChI=1S/C55H40N3OP/c1-37-18-8-9-27-44(37)40-23-17-26-43(35-40)60(59)52-33-15-12-30-47(52)53-45-28-10-13-31-50(45)58(51-32-14-11-29-46(51)54(53)60)42-25-16-24-41(34-42)49-36-48(38-19-4-2-5-20-38)56-55(57-49)39-21-6-3-7-22-39/h2-36,55-56H,1H3/t55-,60?/m0/s1. The topological polar surface area (TPSA) is 44.7 Å². The summed E-state index contributed by atoms with van der Waals surface area (Å²) in [5, 5.41) is 6.30. The molecule has 0 aromatic heterocycles. The van der Waals surface area contributed by atoms with Gasteiger partial charge in [-0.2, -0.15) is 0 Å². The van der Waals surface area contributed by atoms with E-state index in [2.05, 4.69) is 211 Å². The van der Waals surface area contributed by atoms with Crippen LogP contribution in [0.2, 0.25) is 0 Å². The fourth-order valence-corrected chi connectivity index (χ4v) is 12.5. The predicted molar refractivity (Wildman–Crippen MR) is 250 cm³/mol. The van der Waals surface area contributed by atoms with Gasteiger partial charge in [-0.25, -0.2) is 0 Å². The second-order valence-corrected chi connectivity index (χ2v) is 18.2. The van der Waals surface area contributed by atoms with E-state index in [0.717, 1.165) is 94.5 Å². The zero-order valence-electron chi connectivity index (χ0n) is 33.0. The molecule has 0 bridgehead atoms. The number of aryl methyl sites for hydroxylation is 1. The van der Waals surface area contributed by atoms with Crippen molar-refractivity contribution >= 4 is 57.1 Å². The van der Waals surface area contributed by atoms with Gasteiger partial charge in [0.1, 0.15) is 6.17 Å². The number of allylic oxidation sites excluding steroid dienone is 1. The Balaban J connectivity index is 1.10. The van der Waals surface area contributed by atoms with Gasteiger partial charge in [0.2, 0.25) is 0 Å². The first kappa shape index (κ1) is 35.9. The minimum atomic E-state index is -3.43. The van der Waals surface area contributed by atoms with Crippen molar-refractivity contribution < 1.29 is 4.57 Å². The molecule has 5 heteroatoms. The number of nitrogens with one attached hydrogen (secondary N) is 1. The van der Waals surface area contributed by atoms with Crippen molar-refractivity contribution in [3.8, 4) is 11.1 Å². The normalized spacial score (nSPS) is 17.6. The van der Waals surface area contributed by atoms with Crippen molar-refractivity contribution in [2.75, 3.05) is 4.90 Å². The summed E-state index contributed by atoms with van der Waals surface area (Å²) in [6, 6.07) is 71.8. The van der Waals surface area contributed by atoms with Crippen LogP contribution in [0.25, 0.3) is 27.7 Å². The molecule has 2 atom stereocenters. The molecule has 11 rings (SSSR count). The number of benzene rings is 8. The van der Waals surface area contributed by atoms with Gasteiger partial charge in [-0.05, 0) is 76.7 Å². The molecule has 0 amide bonds. The molecule has 286 valence electrons. The quantitative estimate of drug-likeness (QED) is 0.171. The third-order valence-electron chi connectivity index (χ3n) is 12.0. The maximum Gasteiger partial charge on any atom is 0.172 e. The number of fused-ring (bicyclic) bond motifs is 6. The first-order chi connectivity index (χ1) is 29.6. The third-order valence-corrected chi connectivity index (χ3v) is 15.2. The molecule has 0 fully saturated rings. The lowest BCUT2D eigenvalue weighted by atomic mass is 9.95. The van der Waals surface area contributed by atoms with E-state index < -0.39 is 7.14 Å². The Morgan fingerprint density at radius 1 is 0.533 bits per heavy atom. The van der Waals surface area contributed by atoms with Crippen molar-refractivity contribution in [2.45, 2.75) is 13.1 Å². The predicted octanol–water partition coefficient (Wildman–Crippen LogP) is 12.8. The average Bonchev–Trinajstić information content (AvgIpc) is 3.50. The molecule has 3 aliphatic rings. The molecule has 4 nitrogen and oxygen atoms in total. The highest BCUT2D eigenvalue weighted by Gasteiger charge is 2.46. The molecule has 3 aliphatic heterocycles. The van der Waals surface area contributed by atoms with Gasteiger partial charge >= 0.3 is 0 Å². The van der Waals surface area contributed by atoms with E-state index in [1.165, 1.54) is 5.56 Å². The maximum absolute atomic E-state index is 16.7. The van der Waals surface area contributed by atoms with Gasteiger partial charge in [0.15, 0.2) is 7.14 Å². The third kappa shape index (κ3) is 5.83. The Kier molecular flexibility index (Phi) is 8.69. The molecule has 0 radical (unpaired) electrons. The summed E-state index contributed by atoms with van der Waals surface area (Å²) in [6.45, 7) is 2.13. The van der Waals surface area contributed by atoms with Crippen molar-refractivity contribution in [3.05, 3.63) is 251 Å². The molecular formula is C55H40N3OP. The van der Waals surface area contributed by atoms with E-state index in [0.29, 0.717) is 0 Å². The molecule has 0 spiro atoms. The second-order valence-electron chi connectivity index (χ2n) is 15.5. The summed E-state index contributed by atoms with van der Waals surface area (Å²) >= 11 is 0. The van der Waals surface area contributed by atoms with E-state index >= 15 is 4.57 Å². The zero-order valence-corrected chi connectivity index (χ0v) is 33.9. The van der Waals surface area contributed by atoms with E-state index in [1.807, 2.05) is 18.2 Å². The number of nitrogens with zero attached hydrogens (tertiary/aromatic N) is 2. The number of hydrogen-bond acceptors (Lipinski definition) is 4. The molecule has 8 aromatic carbocycles. The van der Waals surface area contributed by atoms with E-state index in [4.69, 9.17) is 4.99 Å². The molecule has 0 saturated carbocycles. The van der Waals surface area contributed by atoms with Crippen molar-refractivity contribution in [1.29, 1.82) is 0 Å². The Morgan fingerprint density at radius 3 is 1.92 bits per heavy atom. The van der Waals surface area contributed by atoms with Crippen LogP contribution in [0.1, 0.15) is 45.1 Å². The van der Waals surface area contributed by atoms with Crippen molar-refractivity contribution in [1.82, 2.24) is 5.32 Å². The number of rotatable bonds is 6. The van der Waals surface area contributed by atoms with Crippen LogP contribution in [-0.4, -0.2) is 5.71 Å². The highest BCUT2D eigenvalue weighted by Crippen LogP contribution is 2.68. The van der Waals surface area contributed by atoms with Gasteiger partial charge < -0.3 is 14.8 Å². The first-order valence-corrected chi connectivity index (χ1v) is 22.1. The zero-order chi connectivity index (χ0) is 40.2. The lowest BCUT2D eigenvalue weighted by molar-refractivity contribution is 0.593. The van der Waals surface area contributed by atoms with Crippen molar-refractivity contribution in [3.63, 3.8) is 0 Å². The molecular weight excluding hydrogens is 750 g/mol. The van der Waals surface area contributed by atoms with Gasteiger partial charge in [0, 0.05) is 49.6 Å². The maximum atomic E-state index is 16.7. The molecule has 3 heterocycles. The molecule has 0 saturated heterocycles. The van der Waals surface area contributed by atoms with Crippen LogP contribution < -0.4 is 20.8 Å². The summed E-state index contributed by atoms with van der Waals surface area (Å²) in [5.41, 5.74) is 15.6. The second kappa shape index (κ2) is 14.5. The molecule has 8 aromatic rings. The number of hydrogen-bond donors (Lipinski definition) is 1. The van der Waals surface area contributed by atoms with Crippen LogP contribution in [0.15, 0.2) is 217 Å². The smallest absolute Gasteiger partial charge is 0.172 e. The van der Waals surface area contributed by atoms with Crippen LogP contribution in [0.4, 0.5) is 17.1 Å². The van der Waals surface area contributed by atoms with Crippen LogP contribution in [0.5, 0.6) is 0 Å². The Bertz CT molecular complexity index is 3130. The largest absolute Gasteiger partial charge is 0.360 e. The average molecular weight is 790 g/mol. The molecule has 1 N–H and O–H groups in total. The van der Waals surface area contributed by atoms with E-state index in [1.54, 1.807) is 0 Å². The van der Waals surface area contributed by atoms with Gasteiger partial charge in [0.05, 0.1) is 17.1 Å². The lowest BCUT2D eigenvalue weighted by Crippen LogP contribution is -2.25. The number of aliphatic imine (C=N–C) groups is 1. The van der Waals surface area contributed by atoms with Crippen LogP contribution in [-0.2, 0) is 4.57 Å². The summed E-state index contributed by atoms with van der Waals surface area (Å²) in [5.74, 6) is 0. The SMILES string of the molecule is Cc1ccccc1-c1cccc(P2(=O)C3=C(c4ccccc4N(c4cccc(C5=N[C@@H](c6ccccc6)NC(c6ccccc6)=C5)c4)c4ccccc43)c3ccccc32)c1. The fourth-order valence-electron chi connectivity index (χ4n) is 9.21. The molecule has 60 heavy (non-hydrogen) atoms. The number of anilines is 3. The lowest BCUT2D eigenvalue weighted by Gasteiger charge is -2.30. The van der Waals surface area contributed by atoms with Gasteiger partial charge in [-0.3, -0.25) is 4.99 Å². The first-order valence-electron chi connectivity index (χ1n) is 20.4. The van der Waals surface area contributed by atoms with Crippen LogP contribution >= 0.6 is 7.14 Å². The van der Waals surface area contributed by atoms with Gasteiger partial charge in [-0.1, -0.05) is 176 Å².